The van der Waals surface area contributed by atoms with Gasteiger partial charge in [-0.1, -0.05) is 18.2 Å². The van der Waals surface area contributed by atoms with E-state index in [1.165, 1.54) is 0 Å². The zero-order valence-corrected chi connectivity index (χ0v) is 14.9. The summed E-state index contributed by atoms with van der Waals surface area (Å²) in [6.45, 7) is 4.38. The van der Waals surface area contributed by atoms with Crippen molar-refractivity contribution in [1.29, 1.82) is 0 Å². The number of aromatic nitrogens is 2. The average molecular weight is 351 g/mol. The number of benzene rings is 1. The molecule has 134 valence electrons. The maximum Gasteiger partial charge on any atom is 0.258 e. The average Bonchev–Trinajstić information content (AvgIpc) is 3.16. The molecule has 1 aliphatic rings. The fraction of sp³-hybridized carbons (Fsp3) is 0.300. The third kappa shape index (κ3) is 3.35. The number of hydrogen-bond acceptors (Lipinski definition) is 4. The van der Waals surface area contributed by atoms with Gasteiger partial charge in [0.1, 0.15) is 5.60 Å². The van der Waals surface area contributed by atoms with Crippen molar-refractivity contribution in [3.8, 4) is 11.5 Å². The van der Waals surface area contributed by atoms with E-state index in [1.54, 1.807) is 4.52 Å². The molecule has 6 heteroatoms. The van der Waals surface area contributed by atoms with Crippen molar-refractivity contribution >= 4 is 11.4 Å². The Bertz CT molecular complexity index is 929. The Hall–Kier alpha value is -3.02. The van der Waals surface area contributed by atoms with Crippen LogP contribution in [0.1, 0.15) is 25.1 Å². The van der Waals surface area contributed by atoms with E-state index in [0.717, 1.165) is 28.9 Å². The molecule has 0 saturated heterocycles. The highest BCUT2D eigenvalue weighted by atomic mass is 16.5. The van der Waals surface area contributed by atoms with Gasteiger partial charge in [-0.3, -0.25) is 4.79 Å². The fourth-order valence-corrected chi connectivity index (χ4v) is 3.16. The van der Waals surface area contributed by atoms with Crippen LogP contribution in [-0.2, 0) is 17.8 Å². The molecule has 0 atom stereocenters. The fourth-order valence-electron chi connectivity index (χ4n) is 3.16. The van der Waals surface area contributed by atoms with Crippen LogP contribution in [0.15, 0.2) is 48.7 Å². The van der Waals surface area contributed by atoms with Crippen molar-refractivity contribution in [2.24, 2.45) is 0 Å². The molecule has 6 nitrogen and oxygen atoms in total. The van der Waals surface area contributed by atoms with Crippen molar-refractivity contribution in [3.05, 3.63) is 59.9 Å². The first-order valence-electron chi connectivity index (χ1n) is 8.64. The van der Waals surface area contributed by atoms with E-state index in [9.17, 15) is 4.79 Å². The highest BCUT2D eigenvalue weighted by molar-refractivity contribution is 5.77. The summed E-state index contributed by atoms with van der Waals surface area (Å²) in [7, 11) is 0. The molecule has 26 heavy (non-hydrogen) atoms. The lowest BCUT2D eigenvalue weighted by Gasteiger charge is -2.18. The molecule has 0 saturated carbocycles. The number of carbonyl (C=O) groups excluding carboxylic acids is 1. The summed E-state index contributed by atoms with van der Waals surface area (Å²) in [5.74, 6) is 1.15. The Morgan fingerprint density at radius 1 is 1.31 bits per heavy atom. The van der Waals surface area contributed by atoms with Crippen LogP contribution >= 0.6 is 0 Å². The monoisotopic (exact) mass is 351 g/mol. The smallest absolute Gasteiger partial charge is 0.258 e. The molecule has 0 unspecified atom stereocenters. The second-order valence-electron chi connectivity index (χ2n) is 7.05. The normalized spacial score (nSPS) is 14.7. The van der Waals surface area contributed by atoms with Crippen molar-refractivity contribution in [2.45, 2.75) is 32.4 Å². The second kappa shape index (κ2) is 6.37. The Labute approximate surface area is 151 Å². The molecule has 3 aromatic rings. The Morgan fingerprint density at radius 2 is 2.19 bits per heavy atom. The van der Waals surface area contributed by atoms with E-state index in [2.05, 4.69) is 10.4 Å². The third-order valence-electron chi connectivity index (χ3n) is 4.30. The minimum absolute atomic E-state index is 0.0619. The zero-order valence-electron chi connectivity index (χ0n) is 14.9. The molecule has 0 aliphatic carbocycles. The van der Waals surface area contributed by atoms with Gasteiger partial charge < -0.3 is 14.8 Å². The molecular weight excluding hydrogens is 330 g/mol. The molecule has 1 aromatic carbocycles. The van der Waals surface area contributed by atoms with Crippen molar-refractivity contribution in [3.63, 3.8) is 0 Å². The molecule has 1 aliphatic heterocycles. The first-order valence-corrected chi connectivity index (χ1v) is 8.64. The highest BCUT2D eigenvalue weighted by Crippen LogP contribution is 2.41. The maximum absolute atomic E-state index is 12.1. The van der Waals surface area contributed by atoms with E-state index >= 15 is 0 Å². The standard InChI is InChI=1S/C20H21N3O3/c1-20(2)11-14-6-5-8-17(19(14)26-20)25-13-18(24)21-12-15-10-16-7-3-4-9-23(16)22-15/h3-10H,11-13H2,1-2H3,(H,21,24). The number of amides is 1. The number of nitrogens with zero attached hydrogens (tertiary/aromatic N) is 2. The van der Waals surface area contributed by atoms with Gasteiger partial charge in [-0.15, -0.1) is 0 Å². The van der Waals surface area contributed by atoms with Crippen LogP contribution in [0.5, 0.6) is 11.5 Å². The van der Waals surface area contributed by atoms with Crippen LogP contribution in [0.2, 0.25) is 0 Å². The summed E-state index contributed by atoms with van der Waals surface area (Å²) in [6.07, 6.45) is 2.71. The summed E-state index contributed by atoms with van der Waals surface area (Å²) in [6, 6.07) is 13.6. The lowest BCUT2D eigenvalue weighted by molar-refractivity contribution is -0.123. The number of ether oxygens (including phenoxy) is 2. The van der Waals surface area contributed by atoms with Crippen molar-refractivity contribution < 1.29 is 14.3 Å². The molecule has 2 aromatic heterocycles. The van der Waals surface area contributed by atoms with Crippen molar-refractivity contribution in [1.82, 2.24) is 14.9 Å². The SMILES string of the molecule is CC1(C)Cc2cccc(OCC(=O)NCc3cc4ccccn4n3)c2O1. The zero-order chi connectivity index (χ0) is 18.1. The second-order valence-corrected chi connectivity index (χ2v) is 7.05. The Kier molecular flexibility index (Phi) is 4.03. The van der Waals surface area contributed by atoms with E-state index in [1.807, 2.05) is 62.5 Å². The molecule has 3 heterocycles. The first kappa shape index (κ1) is 16.4. The third-order valence-corrected chi connectivity index (χ3v) is 4.30. The summed E-state index contributed by atoms with van der Waals surface area (Å²) >= 11 is 0. The maximum atomic E-state index is 12.1. The number of fused-ring (bicyclic) bond motifs is 2. The summed E-state index contributed by atoms with van der Waals surface area (Å²) < 4.78 is 13.4. The minimum Gasteiger partial charge on any atom is -0.483 e. The lowest BCUT2D eigenvalue weighted by Crippen LogP contribution is -2.28. The number of carbonyl (C=O) groups is 1. The Morgan fingerprint density at radius 3 is 3.04 bits per heavy atom. The predicted octanol–water partition coefficient (Wildman–Crippen LogP) is 2.74. The number of hydrogen-bond donors (Lipinski definition) is 1. The summed E-state index contributed by atoms with van der Waals surface area (Å²) in [5.41, 5.74) is 2.66. The van der Waals surface area contributed by atoms with Crippen molar-refractivity contribution in [2.75, 3.05) is 6.61 Å². The largest absolute Gasteiger partial charge is 0.483 e. The van der Waals surface area contributed by atoms with Crippen LogP contribution in [0.25, 0.3) is 5.52 Å². The highest BCUT2D eigenvalue weighted by Gasteiger charge is 2.32. The van der Waals surface area contributed by atoms with Gasteiger partial charge >= 0.3 is 0 Å². The number of para-hydroxylation sites is 1. The van der Waals surface area contributed by atoms with E-state index in [0.29, 0.717) is 12.3 Å². The molecule has 0 fully saturated rings. The van der Waals surface area contributed by atoms with Gasteiger partial charge in [0.05, 0.1) is 17.8 Å². The number of rotatable bonds is 5. The van der Waals surface area contributed by atoms with Gasteiger partial charge in [0.25, 0.3) is 5.91 Å². The van der Waals surface area contributed by atoms with Gasteiger partial charge in [-0.2, -0.15) is 5.10 Å². The topological polar surface area (TPSA) is 64.9 Å². The van der Waals surface area contributed by atoms with Crippen LogP contribution in [-0.4, -0.2) is 27.7 Å². The van der Waals surface area contributed by atoms with Gasteiger partial charge in [0, 0.05) is 18.2 Å². The predicted molar refractivity (Wildman–Crippen MR) is 97.4 cm³/mol. The lowest BCUT2D eigenvalue weighted by atomic mass is 10.0. The Balaban J connectivity index is 1.34. The molecule has 4 rings (SSSR count). The molecule has 1 N–H and O–H groups in total. The molecule has 0 spiro atoms. The first-order chi connectivity index (χ1) is 12.5. The number of pyridine rings is 1. The molecule has 0 radical (unpaired) electrons. The quantitative estimate of drug-likeness (QED) is 0.768. The molecular formula is C20H21N3O3. The molecule has 0 bridgehead atoms. The van der Waals surface area contributed by atoms with E-state index in [-0.39, 0.29) is 18.1 Å². The van der Waals surface area contributed by atoms with Gasteiger partial charge in [-0.05, 0) is 38.1 Å². The summed E-state index contributed by atoms with van der Waals surface area (Å²) in [4.78, 5) is 12.1. The van der Waals surface area contributed by atoms with Gasteiger partial charge in [0.15, 0.2) is 18.1 Å². The van der Waals surface area contributed by atoms with Crippen LogP contribution in [0.3, 0.4) is 0 Å². The van der Waals surface area contributed by atoms with Gasteiger partial charge in [-0.25, -0.2) is 4.52 Å². The summed E-state index contributed by atoms with van der Waals surface area (Å²) in [5, 5.41) is 7.24. The van der Waals surface area contributed by atoms with Crippen LogP contribution in [0, 0.1) is 0 Å². The van der Waals surface area contributed by atoms with Crippen LogP contribution in [0.4, 0.5) is 0 Å². The van der Waals surface area contributed by atoms with Crippen LogP contribution < -0.4 is 14.8 Å². The van der Waals surface area contributed by atoms with E-state index < -0.39 is 0 Å². The van der Waals surface area contributed by atoms with E-state index in [4.69, 9.17) is 9.47 Å². The number of nitrogens with one attached hydrogen (secondary N) is 1. The molecule has 1 amide bonds. The minimum atomic E-state index is -0.243. The van der Waals surface area contributed by atoms with Gasteiger partial charge in [0.2, 0.25) is 0 Å².